The van der Waals surface area contributed by atoms with Gasteiger partial charge in [-0.2, -0.15) is 0 Å². The first-order valence-electron chi connectivity index (χ1n) is 12.1. The molecule has 4 rings (SSSR count). The maximum atomic E-state index is 12.7. The molecule has 34 heavy (non-hydrogen) atoms. The van der Waals surface area contributed by atoms with Crippen molar-refractivity contribution < 1.29 is 24.2 Å². The number of ether oxygens (including phenoxy) is 1. The zero-order valence-electron chi connectivity index (χ0n) is 19.5. The molecule has 1 fully saturated rings. The predicted octanol–water partition coefficient (Wildman–Crippen LogP) is 4.31. The van der Waals surface area contributed by atoms with Gasteiger partial charge >= 0.3 is 12.1 Å². The molecule has 0 saturated heterocycles. The highest BCUT2D eigenvalue weighted by atomic mass is 16.5. The second kappa shape index (κ2) is 10.7. The number of hydrogen-bond acceptors (Lipinski definition) is 4. The smallest absolute Gasteiger partial charge is 0.407 e. The molecule has 2 amide bonds. The summed E-state index contributed by atoms with van der Waals surface area (Å²) < 4.78 is 5.61. The van der Waals surface area contributed by atoms with Crippen LogP contribution in [-0.2, 0) is 14.3 Å². The Balaban J connectivity index is 1.33. The molecule has 3 N–H and O–H groups in total. The van der Waals surface area contributed by atoms with Gasteiger partial charge in [0.1, 0.15) is 12.6 Å². The lowest BCUT2D eigenvalue weighted by Crippen LogP contribution is -2.47. The number of amides is 2. The van der Waals surface area contributed by atoms with Crippen LogP contribution in [0.2, 0.25) is 0 Å². The summed E-state index contributed by atoms with van der Waals surface area (Å²) in [5, 5.41) is 14.7. The minimum atomic E-state index is -1.03. The number of alkyl carbamates (subject to hydrolysis) is 1. The van der Waals surface area contributed by atoms with E-state index in [4.69, 9.17) is 4.74 Å². The Labute approximate surface area is 199 Å². The fourth-order valence-electron chi connectivity index (χ4n) is 5.28. The van der Waals surface area contributed by atoms with Crippen LogP contribution in [0.15, 0.2) is 48.5 Å². The summed E-state index contributed by atoms with van der Waals surface area (Å²) in [5.74, 6) is -1.63. The largest absolute Gasteiger partial charge is 0.480 e. The number of carbonyl (C=O) groups excluding carboxylic acids is 2. The Morgan fingerprint density at radius 2 is 1.62 bits per heavy atom. The number of carboxylic acids is 1. The zero-order chi connectivity index (χ0) is 24.1. The van der Waals surface area contributed by atoms with E-state index in [2.05, 4.69) is 34.9 Å². The summed E-state index contributed by atoms with van der Waals surface area (Å²) in [5.41, 5.74) is 4.67. The maximum absolute atomic E-state index is 12.7. The van der Waals surface area contributed by atoms with Crippen LogP contribution in [0.4, 0.5) is 4.79 Å². The van der Waals surface area contributed by atoms with Crippen molar-refractivity contribution in [2.24, 2.45) is 11.8 Å². The van der Waals surface area contributed by atoms with Crippen molar-refractivity contribution in [3.63, 3.8) is 0 Å². The summed E-state index contributed by atoms with van der Waals surface area (Å²) in [4.78, 5) is 36.6. The van der Waals surface area contributed by atoms with E-state index >= 15 is 0 Å². The molecule has 2 aliphatic carbocycles. The molecule has 3 atom stereocenters. The average Bonchev–Trinajstić information content (AvgIpc) is 3.18. The Morgan fingerprint density at radius 3 is 2.24 bits per heavy atom. The van der Waals surface area contributed by atoms with Crippen LogP contribution in [0.25, 0.3) is 11.1 Å². The van der Waals surface area contributed by atoms with Gasteiger partial charge in [0.2, 0.25) is 5.91 Å². The minimum absolute atomic E-state index is 0.00615. The zero-order valence-corrected chi connectivity index (χ0v) is 19.5. The lowest BCUT2D eigenvalue weighted by atomic mass is 9.78. The number of aliphatic carboxylic acids is 1. The molecule has 2 aliphatic rings. The van der Waals surface area contributed by atoms with Crippen LogP contribution in [0.5, 0.6) is 0 Å². The standard InChI is InChI=1S/C27H32N2O5/c1-2-24(26(31)32)29-25(30)18-10-4-3-9-17(18)15-28-27(33)34-16-23-21-13-7-5-11-19(21)20-12-6-8-14-22(20)23/h5-8,11-14,17-18,23-24H,2-4,9-10,15-16H2,1H3,(H,28,33)(H,29,30)(H,31,32)/t17?,18?,24-/m0/s1. The number of carboxylic acid groups (broad SMARTS) is 1. The maximum Gasteiger partial charge on any atom is 0.407 e. The average molecular weight is 465 g/mol. The summed E-state index contributed by atoms with van der Waals surface area (Å²) in [6, 6.07) is 15.5. The summed E-state index contributed by atoms with van der Waals surface area (Å²) in [7, 11) is 0. The summed E-state index contributed by atoms with van der Waals surface area (Å²) >= 11 is 0. The van der Waals surface area contributed by atoms with Crippen LogP contribution in [0.1, 0.15) is 56.1 Å². The van der Waals surface area contributed by atoms with Crippen molar-refractivity contribution in [3.8, 4) is 11.1 Å². The molecule has 7 heteroatoms. The lowest BCUT2D eigenvalue weighted by Gasteiger charge is -2.31. The first kappa shape index (κ1) is 23.8. The third kappa shape index (κ3) is 5.08. The number of benzene rings is 2. The van der Waals surface area contributed by atoms with Crippen molar-refractivity contribution in [1.29, 1.82) is 0 Å². The molecule has 2 unspecified atom stereocenters. The van der Waals surface area contributed by atoms with Gasteiger partial charge in [0, 0.05) is 18.4 Å². The Bertz CT molecular complexity index is 1010. The van der Waals surface area contributed by atoms with E-state index in [1.54, 1.807) is 6.92 Å². The fraction of sp³-hybridized carbons (Fsp3) is 0.444. The van der Waals surface area contributed by atoms with E-state index in [0.29, 0.717) is 19.4 Å². The molecular formula is C27H32N2O5. The van der Waals surface area contributed by atoms with Crippen LogP contribution < -0.4 is 10.6 Å². The minimum Gasteiger partial charge on any atom is -0.480 e. The molecule has 2 aromatic carbocycles. The van der Waals surface area contributed by atoms with Gasteiger partial charge in [0.05, 0.1) is 0 Å². The van der Waals surface area contributed by atoms with Crippen LogP contribution in [0, 0.1) is 11.8 Å². The number of nitrogens with one attached hydrogen (secondary N) is 2. The topological polar surface area (TPSA) is 105 Å². The van der Waals surface area contributed by atoms with Gasteiger partial charge < -0.3 is 20.5 Å². The van der Waals surface area contributed by atoms with Crippen molar-refractivity contribution >= 4 is 18.0 Å². The molecule has 0 aliphatic heterocycles. The van der Waals surface area contributed by atoms with Crippen molar-refractivity contribution in [2.45, 2.75) is 51.0 Å². The molecule has 0 bridgehead atoms. The molecule has 1 saturated carbocycles. The van der Waals surface area contributed by atoms with Crippen molar-refractivity contribution in [3.05, 3.63) is 59.7 Å². The van der Waals surface area contributed by atoms with Gasteiger partial charge in [0.25, 0.3) is 0 Å². The van der Waals surface area contributed by atoms with Gasteiger partial charge in [-0.3, -0.25) is 4.79 Å². The number of hydrogen-bond donors (Lipinski definition) is 3. The molecule has 0 spiro atoms. The Hall–Kier alpha value is -3.35. The third-order valence-corrected chi connectivity index (χ3v) is 7.12. The first-order chi connectivity index (χ1) is 16.5. The SMILES string of the molecule is CC[C@H](NC(=O)C1CCCCC1CNC(=O)OCC1c2ccccc2-c2ccccc21)C(=O)O. The Morgan fingerprint density at radius 1 is 1.00 bits per heavy atom. The van der Waals surface area contributed by atoms with Crippen LogP contribution >= 0.6 is 0 Å². The molecule has 0 aromatic heterocycles. The van der Waals surface area contributed by atoms with Gasteiger partial charge in [-0.25, -0.2) is 9.59 Å². The summed E-state index contributed by atoms with van der Waals surface area (Å²) in [6.07, 6.45) is 3.24. The summed E-state index contributed by atoms with van der Waals surface area (Å²) in [6.45, 7) is 2.31. The molecule has 7 nitrogen and oxygen atoms in total. The van der Waals surface area contributed by atoms with E-state index in [0.717, 1.165) is 30.4 Å². The van der Waals surface area contributed by atoms with Gasteiger partial charge in [-0.05, 0) is 47.4 Å². The fourth-order valence-corrected chi connectivity index (χ4v) is 5.28. The van der Waals surface area contributed by atoms with Crippen LogP contribution in [0.3, 0.4) is 0 Å². The highest BCUT2D eigenvalue weighted by molar-refractivity contribution is 5.85. The van der Waals surface area contributed by atoms with Crippen molar-refractivity contribution in [2.75, 3.05) is 13.2 Å². The van der Waals surface area contributed by atoms with Gasteiger partial charge in [-0.1, -0.05) is 68.3 Å². The second-order valence-corrected chi connectivity index (χ2v) is 9.17. The molecule has 180 valence electrons. The predicted molar refractivity (Wildman–Crippen MR) is 128 cm³/mol. The quantitative estimate of drug-likeness (QED) is 0.540. The van der Waals surface area contributed by atoms with Gasteiger partial charge in [0.15, 0.2) is 0 Å². The molecule has 0 heterocycles. The van der Waals surface area contributed by atoms with E-state index < -0.39 is 18.1 Å². The van der Waals surface area contributed by atoms with Crippen LogP contribution in [-0.4, -0.2) is 42.3 Å². The van der Waals surface area contributed by atoms with Crippen molar-refractivity contribution in [1.82, 2.24) is 10.6 Å². The second-order valence-electron chi connectivity index (χ2n) is 9.17. The monoisotopic (exact) mass is 464 g/mol. The molecule has 2 aromatic rings. The van der Waals surface area contributed by atoms with E-state index in [9.17, 15) is 19.5 Å². The molecular weight excluding hydrogens is 432 g/mol. The third-order valence-electron chi connectivity index (χ3n) is 7.12. The van der Waals surface area contributed by atoms with Gasteiger partial charge in [-0.15, -0.1) is 0 Å². The van der Waals surface area contributed by atoms with E-state index in [1.807, 2.05) is 24.3 Å². The molecule has 0 radical (unpaired) electrons. The first-order valence-corrected chi connectivity index (χ1v) is 12.1. The number of fused-ring (bicyclic) bond motifs is 3. The number of rotatable bonds is 8. The lowest BCUT2D eigenvalue weighted by molar-refractivity contribution is -0.143. The Kier molecular flexibility index (Phi) is 7.50. The number of carbonyl (C=O) groups is 3. The van der Waals surface area contributed by atoms with E-state index in [-0.39, 0.29) is 30.3 Å². The van der Waals surface area contributed by atoms with E-state index in [1.165, 1.54) is 11.1 Å². The highest BCUT2D eigenvalue weighted by Gasteiger charge is 2.33. The highest BCUT2D eigenvalue weighted by Crippen LogP contribution is 2.44. The normalized spacial score (nSPS) is 20.0.